The zero-order chi connectivity index (χ0) is 13.9. The molecule has 0 aliphatic carbocycles. The highest BCUT2D eigenvalue weighted by molar-refractivity contribution is 5.81. The van der Waals surface area contributed by atoms with Crippen LogP contribution in [0.15, 0.2) is 30.3 Å². The van der Waals surface area contributed by atoms with Crippen molar-refractivity contribution in [3.8, 4) is 5.75 Å². The van der Waals surface area contributed by atoms with E-state index in [0.29, 0.717) is 26.3 Å². The maximum absolute atomic E-state index is 11.6. The van der Waals surface area contributed by atoms with E-state index in [-0.39, 0.29) is 11.9 Å². The van der Waals surface area contributed by atoms with Gasteiger partial charge < -0.3 is 20.1 Å². The number of rotatable bonds is 9. The smallest absolute Gasteiger partial charge is 0.236 e. The van der Waals surface area contributed by atoms with Crippen molar-refractivity contribution >= 4 is 5.91 Å². The number of nitrogens with one attached hydrogen (secondary N) is 2. The van der Waals surface area contributed by atoms with Gasteiger partial charge >= 0.3 is 0 Å². The lowest BCUT2D eigenvalue weighted by Crippen LogP contribution is -2.44. The van der Waals surface area contributed by atoms with Crippen molar-refractivity contribution in [2.75, 3.05) is 33.4 Å². The number of methoxy groups -OCH3 is 1. The Morgan fingerprint density at radius 2 is 1.95 bits per heavy atom. The number of benzene rings is 1. The van der Waals surface area contributed by atoms with Gasteiger partial charge in [-0.25, -0.2) is 0 Å². The Hall–Kier alpha value is -1.59. The van der Waals surface area contributed by atoms with Gasteiger partial charge in [0.2, 0.25) is 5.91 Å². The highest BCUT2D eigenvalue weighted by Crippen LogP contribution is 2.07. The summed E-state index contributed by atoms with van der Waals surface area (Å²) in [7, 11) is 1.61. The Labute approximate surface area is 114 Å². The Bertz CT molecular complexity index is 357. The fourth-order valence-corrected chi connectivity index (χ4v) is 1.48. The molecule has 0 aliphatic heterocycles. The Morgan fingerprint density at radius 3 is 2.63 bits per heavy atom. The van der Waals surface area contributed by atoms with E-state index in [2.05, 4.69) is 10.6 Å². The highest BCUT2D eigenvalue weighted by Gasteiger charge is 2.10. The van der Waals surface area contributed by atoms with Gasteiger partial charge in [0, 0.05) is 20.2 Å². The van der Waals surface area contributed by atoms with Crippen LogP contribution in [0.4, 0.5) is 0 Å². The molecule has 0 heterocycles. The normalized spacial score (nSPS) is 11.9. The minimum Gasteiger partial charge on any atom is -0.492 e. The second-order valence-electron chi connectivity index (χ2n) is 4.12. The lowest BCUT2D eigenvalue weighted by molar-refractivity contribution is -0.122. The average Bonchev–Trinajstić information content (AvgIpc) is 2.44. The van der Waals surface area contributed by atoms with Gasteiger partial charge in [-0.05, 0) is 19.1 Å². The van der Waals surface area contributed by atoms with E-state index in [1.165, 1.54) is 0 Å². The van der Waals surface area contributed by atoms with E-state index in [4.69, 9.17) is 9.47 Å². The third kappa shape index (κ3) is 6.79. The number of amides is 1. The molecule has 2 N–H and O–H groups in total. The molecule has 106 valence electrons. The number of carbonyl (C=O) groups excluding carboxylic acids is 1. The first kappa shape index (κ1) is 15.5. The first-order chi connectivity index (χ1) is 9.24. The summed E-state index contributed by atoms with van der Waals surface area (Å²) in [5, 5.41) is 5.88. The average molecular weight is 266 g/mol. The van der Waals surface area contributed by atoms with E-state index in [9.17, 15) is 4.79 Å². The predicted octanol–water partition coefficient (Wildman–Crippen LogP) is 0.806. The molecule has 19 heavy (non-hydrogen) atoms. The molecule has 1 aromatic rings. The molecule has 5 nitrogen and oxygen atoms in total. The molecule has 1 unspecified atom stereocenters. The molecule has 0 fully saturated rings. The van der Waals surface area contributed by atoms with Crippen molar-refractivity contribution in [1.29, 1.82) is 0 Å². The Morgan fingerprint density at radius 1 is 1.21 bits per heavy atom. The summed E-state index contributed by atoms with van der Waals surface area (Å²) in [6, 6.07) is 9.36. The van der Waals surface area contributed by atoms with Gasteiger partial charge in [0.1, 0.15) is 12.4 Å². The number of ether oxygens (including phenoxy) is 2. The fourth-order valence-electron chi connectivity index (χ4n) is 1.48. The molecule has 0 aliphatic rings. The van der Waals surface area contributed by atoms with Crippen LogP contribution in [0.1, 0.15) is 6.92 Å². The highest BCUT2D eigenvalue weighted by atomic mass is 16.5. The maximum atomic E-state index is 11.6. The monoisotopic (exact) mass is 266 g/mol. The molecule has 1 rings (SSSR count). The number of carbonyl (C=O) groups is 1. The van der Waals surface area contributed by atoms with Crippen molar-refractivity contribution in [3.05, 3.63) is 30.3 Å². The summed E-state index contributed by atoms with van der Waals surface area (Å²) in [6.07, 6.45) is 0. The molecule has 0 spiro atoms. The molecule has 0 radical (unpaired) electrons. The van der Waals surface area contributed by atoms with Gasteiger partial charge in [-0.1, -0.05) is 18.2 Å². The zero-order valence-electron chi connectivity index (χ0n) is 11.5. The molecule has 1 atom stereocenters. The summed E-state index contributed by atoms with van der Waals surface area (Å²) in [6.45, 7) is 4.02. The molecule has 1 amide bonds. The third-order valence-electron chi connectivity index (χ3n) is 2.56. The van der Waals surface area contributed by atoms with Crippen molar-refractivity contribution in [3.63, 3.8) is 0 Å². The van der Waals surface area contributed by atoms with Crippen LogP contribution in [-0.4, -0.2) is 45.4 Å². The first-order valence-corrected chi connectivity index (χ1v) is 6.42. The van der Waals surface area contributed by atoms with Crippen molar-refractivity contribution in [2.24, 2.45) is 0 Å². The molecule has 0 saturated carbocycles. The second kappa shape index (κ2) is 9.35. The van der Waals surface area contributed by atoms with Gasteiger partial charge in [-0.2, -0.15) is 0 Å². The van der Waals surface area contributed by atoms with Crippen LogP contribution >= 0.6 is 0 Å². The lowest BCUT2D eigenvalue weighted by Gasteiger charge is -2.14. The predicted molar refractivity (Wildman–Crippen MR) is 74.3 cm³/mol. The fraction of sp³-hybridized carbons (Fsp3) is 0.500. The van der Waals surface area contributed by atoms with Crippen LogP contribution in [0, 0.1) is 0 Å². The van der Waals surface area contributed by atoms with Crippen molar-refractivity contribution in [2.45, 2.75) is 13.0 Å². The van der Waals surface area contributed by atoms with E-state index >= 15 is 0 Å². The Balaban J connectivity index is 2.09. The van der Waals surface area contributed by atoms with Crippen molar-refractivity contribution < 1.29 is 14.3 Å². The maximum Gasteiger partial charge on any atom is 0.236 e. The van der Waals surface area contributed by atoms with Gasteiger partial charge in [0.05, 0.1) is 12.6 Å². The van der Waals surface area contributed by atoms with Crippen LogP contribution in [-0.2, 0) is 9.53 Å². The van der Waals surface area contributed by atoms with E-state index in [1.807, 2.05) is 37.3 Å². The quantitative estimate of drug-likeness (QED) is 0.649. The number of para-hydroxylation sites is 1. The molecule has 0 aromatic heterocycles. The van der Waals surface area contributed by atoms with E-state index < -0.39 is 0 Å². The summed E-state index contributed by atoms with van der Waals surface area (Å²) < 4.78 is 10.4. The minimum atomic E-state index is -0.240. The van der Waals surface area contributed by atoms with Crippen LogP contribution in [0.25, 0.3) is 0 Å². The molecule has 1 aromatic carbocycles. The van der Waals surface area contributed by atoms with Crippen LogP contribution in [0.3, 0.4) is 0 Å². The molecular weight excluding hydrogens is 244 g/mol. The summed E-state index contributed by atoms with van der Waals surface area (Å²) in [4.78, 5) is 11.6. The van der Waals surface area contributed by atoms with Crippen molar-refractivity contribution in [1.82, 2.24) is 10.6 Å². The summed E-state index contributed by atoms with van der Waals surface area (Å²) in [5.74, 6) is 0.804. The standard InChI is InChI=1S/C14H22N2O3/c1-12(14(17)16-8-10-18-2)15-9-11-19-13-6-4-3-5-7-13/h3-7,12,15H,8-11H2,1-2H3,(H,16,17). The zero-order valence-corrected chi connectivity index (χ0v) is 11.5. The van der Waals surface area contributed by atoms with Gasteiger partial charge in [0.15, 0.2) is 0 Å². The summed E-state index contributed by atoms with van der Waals surface area (Å²) >= 11 is 0. The number of hydrogen-bond acceptors (Lipinski definition) is 4. The Kier molecular flexibility index (Phi) is 7.62. The van der Waals surface area contributed by atoms with Crippen LogP contribution < -0.4 is 15.4 Å². The van der Waals surface area contributed by atoms with E-state index in [0.717, 1.165) is 5.75 Å². The lowest BCUT2D eigenvalue weighted by atomic mass is 10.3. The SMILES string of the molecule is COCCNC(=O)C(C)NCCOc1ccccc1. The topological polar surface area (TPSA) is 59.6 Å². The molecule has 0 bridgehead atoms. The minimum absolute atomic E-state index is 0.0308. The largest absolute Gasteiger partial charge is 0.492 e. The summed E-state index contributed by atoms with van der Waals surface area (Å²) in [5.41, 5.74) is 0. The molecular formula is C14H22N2O3. The third-order valence-corrected chi connectivity index (χ3v) is 2.56. The van der Waals surface area contributed by atoms with Gasteiger partial charge in [-0.3, -0.25) is 4.79 Å². The van der Waals surface area contributed by atoms with Gasteiger partial charge in [0.25, 0.3) is 0 Å². The second-order valence-corrected chi connectivity index (χ2v) is 4.12. The first-order valence-electron chi connectivity index (χ1n) is 6.42. The number of hydrogen-bond donors (Lipinski definition) is 2. The van der Waals surface area contributed by atoms with Crippen LogP contribution in [0.5, 0.6) is 5.75 Å². The molecule has 0 saturated heterocycles. The van der Waals surface area contributed by atoms with Gasteiger partial charge in [-0.15, -0.1) is 0 Å². The molecule has 5 heteroatoms. The van der Waals surface area contributed by atoms with E-state index in [1.54, 1.807) is 7.11 Å². The van der Waals surface area contributed by atoms with Crippen LogP contribution in [0.2, 0.25) is 0 Å².